The number of methoxy groups -OCH3 is 1. The largest absolute Gasteiger partial charge is 0.497 e. The quantitative estimate of drug-likeness (QED) is 0.836. The first-order valence-corrected chi connectivity index (χ1v) is 8.45. The molecule has 1 aliphatic heterocycles. The molecule has 1 amide bonds. The van der Waals surface area contributed by atoms with Crippen LogP contribution in [0.1, 0.15) is 6.92 Å². The van der Waals surface area contributed by atoms with Gasteiger partial charge in [-0.3, -0.25) is 4.79 Å². The highest BCUT2D eigenvalue weighted by atomic mass is 32.2. The summed E-state index contributed by atoms with van der Waals surface area (Å²) in [6.45, 7) is 3.45. The molecule has 1 aromatic carbocycles. The monoisotopic (exact) mass is 328 g/mol. The predicted molar refractivity (Wildman–Crippen MR) is 80.2 cm³/mol. The Kier molecular flexibility index (Phi) is 5.38. The molecule has 1 saturated heterocycles. The molecule has 0 radical (unpaired) electrons. The summed E-state index contributed by atoms with van der Waals surface area (Å²) in [7, 11) is -2.25. The van der Waals surface area contributed by atoms with E-state index < -0.39 is 16.1 Å². The normalized spacial score (nSPS) is 17.1. The summed E-state index contributed by atoms with van der Waals surface area (Å²) >= 11 is 0. The Morgan fingerprint density at radius 3 is 2.41 bits per heavy atom. The van der Waals surface area contributed by atoms with Crippen molar-refractivity contribution in [2.45, 2.75) is 17.9 Å². The van der Waals surface area contributed by atoms with E-state index in [1.807, 2.05) is 0 Å². The van der Waals surface area contributed by atoms with E-state index in [-0.39, 0.29) is 10.8 Å². The van der Waals surface area contributed by atoms with E-state index in [4.69, 9.17) is 9.47 Å². The number of nitrogens with zero attached hydrogens (tertiary/aromatic N) is 1. The van der Waals surface area contributed by atoms with Crippen molar-refractivity contribution in [1.29, 1.82) is 0 Å². The number of benzene rings is 1. The van der Waals surface area contributed by atoms with Gasteiger partial charge >= 0.3 is 0 Å². The van der Waals surface area contributed by atoms with Gasteiger partial charge in [0.1, 0.15) is 5.75 Å². The van der Waals surface area contributed by atoms with Crippen molar-refractivity contribution >= 4 is 15.9 Å². The zero-order valence-corrected chi connectivity index (χ0v) is 13.4. The lowest BCUT2D eigenvalue weighted by Crippen LogP contribution is -2.50. The number of carbonyl (C=O) groups excluding carboxylic acids is 1. The van der Waals surface area contributed by atoms with Crippen LogP contribution in [0.25, 0.3) is 0 Å². The second-order valence-electron chi connectivity index (χ2n) is 4.96. The number of hydrogen-bond donors (Lipinski definition) is 1. The third-order valence-corrected chi connectivity index (χ3v) is 4.95. The highest BCUT2D eigenvalue weighted by Crippen LogP contribution is 2.16. The van der Waals surface area contributed by atoms with Crippen molar-refractivity contribution in [2.24, 2.45) is 0 Å². The fourth-order valence-corrected chi connectivity index (χ4v) is 3.36. The van der Waals surface area contributed by atoms with Gasteiger partial charge in [-0.2, -0.15) is 4.72 Å². The van der Waals surface area contributed by atoms with E-state index in [1.165, 1.54) is 19.2 Å². The number of rotatable bonds is 5. The average molecular weight is 328 g/mol. The second-order valence-corrected chi connectivity index (χ2v) is 6.67. The van der Waals surface area contributed by atoms with Crippen LogP contribution in [0.3, 0.4) is 0 Å². The summed E-state index contributed by atoms with van der Waals surface area (Å²) in [6, 6.07) is 5.16. The standard InChI is InChI=1S/C14H20N2O5S/c1-11(14(17)16-7-9-21-10-8-16)15-22(18,19)13-5-3-12(20-2)4-6-13/h3-6,11,15H,7-10H2,1-2H3/t11-/m1/s1. The SMILES string of the molecule is COc1ccc(S(=O)(=O)N[C@H](C)C(=O)N2CCOCC2)cc1. The van der Waals surface area contributed by atoms with Crippen LogP contribution >= 0.6 is 0 Å². The molecule has 1 heterocycles. The molecule has 1 fully saturated rings. The van der Waals surface area contributed by atoms with E-state index in [2.05, 4.69) is 4.72 Å². The molecule has 8 heteroatoms. The first-order chi connectivity index (χ1) is 10.4. The van der Waals surface area contributed by atoms with Gasteiger partial charge in [0.05, 0.1) is 31.3 Å². The predicted octanol–water partition coefficient (Wildman–Crippen LogP) is 0.221. The van der Waals surface area contributed by atoms with Gasteiger partial charge in [-0.05, 0) is 31.2 Å². The van der Waals surface area contributed by atoms with Crippen LogP contribution in [-0.2, 0) is 19.6 Å². The van der Waals surface area contributed by atoms with Gasteiger partial charge in [-0.25, -0.2) is 8.42 Å². The minimum atomic E-state index is -3.75. The second kappa shape index (κ2) is 7.08. The van der Waals surface area contributed by atoms with Crippen molar-refractivity contribution in [3.63, 3.8) is 0 Å². The number of hydrogen-bond acceptors (Lipinski definition) is 5. The number of ether oxygens (including phenoxy) is 2. The molecule has 22 heavy (non-hydrogen) atoms. The highest BCUT2D eigenvalue weighted by molar-refractivity contribution is 7.89. The molecule has 1 atom stereocenters. The number of sulfonamides is 1. The summed E-state index contributed by atoms with van der Waals surface area (Å²) in [4.78, 5) is 13.9. The summed E-state index contributed by atoms with van der Waals surface area (Å²) in [5.74, 6) is 0.316. The Morgan fingerprint density at radius 1 is 1.27 bits per heavy atom. The molecular weight excluding hydrogens is 308 g/mol. The third kappa shape index (κ3) is 3.96. The van der Waals surface area contributed by atoms with Gasteiger partial charge in [-0.15, -0.1) is 0 Å². The summed E-state index contributed by atoms with van der Waals surface area (Å²) in [5, 5.41) is 0. The number of morpholine rings is 1. The minimum absolute atomic E-state index is 0.0925. The van der Waals surface area contributed by atoms with Crippen LogP contribution in [0.5, 0.6) is 5.75 Å². The minimum Gasteiger partial charge on any atom is -0.497 e. The van der Waals surface area contributed by atoms with Gasteiger partial charge in [0.25, 0.3) is 0 Å². The topological polar surface area (TPSA) is 84.9 Å². The van der Waals surface area contributed by atoms with Gasteiger partial charge in [0.2, 0.25) is 15.9 Å². The Labute approximate surface area is 130 Å². The molecule has 0 aliphatic carbocycles. The zero-order valence-electron chi connectivity index (χ0n) is 12.6. The van der Waals surface area contributed by atoms with Crippen molar-refractivity contribution in [2.75, 3.05) is 33.4 Å². The van der Waals surface area contributed by atoms with Crippen LogP contribution in [0.4, 0.5) is 0 Å². The molecule has 1 aliphatic rings. The van der Waals surface area contributed by atoms with Gasteiger partial charge in [-0.1, -0.05) is 0 Å². The number of carbonyl (C=O) groups is 1. The molecule has 0 bridgehead atoms. The molecule has 2 rings (SSSR count). The number of amides is 1. The first-order valence-electron chi connectivity index (χ1n) is 6.97. The van der Waals surface area contributed by atoms with Crippen molar-refractivity contribution in [3.8, 4) is 5.75 Å². The van der Waals surface area contributed by atoms with Gasteiger partial charge in [0.15, 0.2) is 0 Å². The lowest BCUT2D eigenvalue weighted by Gasteiger charge is -2.29. The van der Waals surface area contributed by atoms with Crippen LogP contribution < -0.4 is 9.46 Å². The van der Waals surface area contributed by atoms with E-state index >= 15 is 0 Å². The molecule has 0 aromatic heterocycles. The van der Waals surface area contributed by atoms with Crippen molar-refractivity contribution in [3.05, 3.63) is 24.3 Å². The fraction of sp³-hybridized carbons (Fsp3) is 0.500. The average Bonchev–Trinajstić information content (AvgIpc) is 2.54. The summed E-state index contributed by atoms with van der Waals surface area (Å²) in [6.07, 6.45) is 0. The molecule has 122 valence electrons. The zero-order chi connectivity index (χ0) is 16.2. The lowest BCUT2D eigenvalue weighted by atomic mass is 10.3. The third-order valence-electron chi connectivity index (χ3n) is 3.39. The van der Waals surface area contributed by atoms with Crippen LogP contribution in [0.15, 0.2) is 29.2 Å². The van der Waals surface area contributed by atoms with Crippen LogP contribution in [0.2, 0.25) is 0 Å². The Morgan fingerprint density at radius 2 is 1.86 bits per heavy atom. The maximum absolute atomic E-state index is 12.3. The molecule has 1 aromatic rings. The Hall–Kier alpha value is -1.64. The fourth-order valence-electron chi connectivity index (χ4n) is 2.16. The van der Waals surface area contributed by atoms with E-state index in [1.54, 1.807) is 24.0 Å². The Bertz CT molecular complexity index is 609. The molecular formula is C14H20N2O5S. The molecule has 1 N–H and O–H groups in total. The Balaban J connectivity index is 2.04. The van der Waals surface area contributed by atoms with E-state index in [0.29, 0.717) is 32.1 Å². The number of nitrogens with one attached hydrogen (secondary N) is 1. The molecule has 0 saturated carbocycles. The van der Waals surface area contributed by atoms with Gasteiger partial charge < -0.3 is 14.4 Å². The highest BCUT2D eigenvalue weighted by Gasteiger charge is 2.26. The van der Waals surface area contributed by atoms with Crippen LogP contribution in [0, 0.1) is 0 Å². The van der Waals surface area contributed by atoms with Gasteiger partial charge in [0, 0.05) is 13.1 Å². The smallest absolute Gasteiger partial charge is 0.241 e. The van der Waals surface area contributed by atoms with Crippen molar-refractivity contribution < 1.29 is 22.7 Å². The van der Waals surface area contributed by atoms with Crippen molar-refractivity contribution in [1.82, 2.24) is 9.62 Å². The molecule has 0 unspecified atom stereocenters. The first kappa shape index (κ1) is 16.7. The van der Waals surface area contributed by atoms with E-state index in [9.17, 15) is 13.2 Å². The lowest BCUT2D eigenvalue weighted by molar-refractivity contribution is -0.136. The summed E-state index contributed by atoms with van der Waals surface area (Å²) < 4.78 is 37.1. The van der Waals surface area contributed by atoms with E-state index in [0.717, 1.165) is 0 Å². The molecule has 7 nitrogen and oxygen atoms in total. The summed E-state index contributed by atoms with van der Waals surface area (Å²) in [5.41, 5.74) is 0. The molecule has 0 spiro atoms. The maximum Gasteiger partial charge on any atom is 0.241 e. The van der Waals surface area contributed by atoms with Crippen LogP contribution in [-0.4, -0.2) is 58.7 Å². The maximum atomic E-state index is 12.3.